The van der Waals surface area contributed by atoms with Gasteiger partial charge in [-0.1, -0.05) is 11.2 Å². The fourth-order valence-electron chi connectivity index (χ4n) is 2.32. The van der Waals surface area contributed by atoms with Crippen molar-refractivity contribution < 1.29 is 22.4 Å². The Balaban J connectivity index is 1.53. The van der Waals surface area contributed by atoms with E-state index < -0.39 is 11.6 Å². The maximum atomic E-state index is 13.7. The molecule has 3 rings (SSSR count). The standard InChI is InChI=1S/C18H16F3N3O2/c1-24(9-12-2-3-14(20)8-16(12)21)10-18-22-17(23-26-18)11-25-15-6-4-13(19)5-7-15/h2-8H,9-11H2,1H3. The molecular formula is C18H16F3N3O2. The van der Waals surface area contributed by atoms with Gasteiger partial charge in [-0.3, -0.25) is 4.90 Å². The average molecular weight is 363 g/mol. The number of aromatic nitrogens is 2. The van der Waals surface area contributed by atoms with Crippen molar-refractivity contribution in [3.05, 3.63) is 77.2 Å². The number of hydrogen-bond acceptors (Lipinski definition) is 5. The molecule has 5 nitrogen and oxygen atoms in total. The van der Waals surface area contributed by atoms with Crippen molar-refractivity contribution in [1.29, 1.82) is 0 Å². The molecule has 0 fully saturated rings. The van der Waals surface area contributed by atoms with Crippen LogP contribution in [0.25, 0.3) is 0 Å². The van der Waals surface area contributed by atoms with Crippen molar-refractivity contribution in [1.82, 2.24) is 15.0 Å². The molecule has 1 aromatic heterocycles. The van der Waals surface area contributed by atoms with Crippen molar-refractivity contribution in [2.75, 3.05) is 7.05 Å². The molecule has 1 heterocycles. The second kappa shape index (κ2) is 8.01. The molecule has 0 unspecified atom stereocenters. The van der Waals surface area contributed by atoms with E-state index in [1.807, 2.05) is 0 Å². The van der Waals surface area contributed by atoms with Crippen LogP contribution in [0, 0.1) is 17.5 Å². The van der Waals surface area contributed by atoms with Crippen LogP contribution in [0.2, 0.25) is 0 Å². The van der Waals surface area contributed by atoms with Gasteiger partial charge < -0.3 is 9.26 Å². The highest BCUT2D eigenvalue weighted by Gasteiger charge is 2.12. The van der Waals surface area contributed by atoms with Crippen molar-refractivity contribution in [3.8, 4) is 5.75 Å². The molecule has 0 aliphatic carbocycles. The zero-order valence-corrected chi connectivity index (χ0v) is 14.0. The fraction of sp³-hybridized carbons (Fsp3) is 0.222. The lowest BCUT2D eigenvalue weighted by molar-refractivity contribution is 0.254. The maximum absolute atomic E-state index is 13.7. The topological polar surface area (TPSA) is 51.4 Å². The number of benzene rings is 2. The van der Waals surface area contributed by atoms with Gasteiger partial charge in [0, 0.05) is 18.2 Å². The summed E-state index contributed by atoms with van der Waals surface area (Å²) < 4.78 is 50.0. The lowest BCUT2D eigenvalue weighted by atomic mass is 10.2. The smallest absolute Gasteiger partial charge is 0.240 e. The van der Waals surface area contributed by atoms with Crippen molar-refractivity contribution >= 4 is 0 Å². The molecule has 2 aromatic carbocycles. The van der Waals surface area contributed by atoms with E-state index in [9.17, 15) is 13.2 Å². The van der Waals surface area contributed by atoms with E-state index in [-0.39, 0.29) is 19.0 Å². The number of ether oxygens (including phenoxy) is 1. The molecule has 0 radical (unpaired) electrons. The Labute approximate surface area is 148 Å². The molecule has 0 aliphatic rings. The molecule has 0 saturated carbocycles. The number of halogens is 3. The highest BCUT2D eigenvalue weighted by Crippen LogP contribution is 2.14. The van der Waals surface area contributed by atoms with E-state index in [0.29, 0.717) is 29.6 Å². The van der Waals surface area contributed by atoms with Crippen LogP contribution in [-0.4, -0.2) is 22.1 Å². The third kappa shape index (κ3) is 4.82. The summed E-state index contributed by atoms with van der Waals surface area (Å²) in [6, 6.07) is 9.05. The minimum atomic E-state index is -0.614. The average Bonchev–Trinajstić information content (AvgIpc) is 3.04. The van der Waals surface area contributed by atoms with Crippen LogP contribution >= 0.6 is 0 Å². The van der Waals surface area contributed by atoms with Gasteiger partial charge in [0.15, 0.2) is 6.61 Å². The van der Waals surface area contributed by atoms with E-state index in [1.54, 1.807) is 11.9 Å². The van der Waals surface area contributed by atoms with Gasteiger partial charge >= 0.3 is 0 Å². The van der Waals surface area contributed by atoms with Crippen molar-refractivity contribution in [3.63, 3.8) is 0 Å². The third-order valence-corrected chi connectivity index (χ3v) is 3.55. The van der Waals surface area contributed by atoms with E-state index in [4.69, 9.17) is 9.26 Å². The Morgan fingerprint density at radius 1 is 1.00 bits per heavy atom. The summed E-state index contributed by atoms with van der Waals surface area (Å²) in [6.07, 6.45) is 0. The first-order valence-electron chi connectivity index (χ1n) is 7.82. The highest BCUT2D eigenvalue weighted by atomic mass is 19.1. The van der Waals surface area contributed by atoms with Gasteiger partial charge in [-0.25, -0.2) is 13.2 Å². The summed E-state index contributed by atoms with van der Waals surface area (Å²) in [4.78, 5) is 5.95. The molecule has 0 spiro atoms. The first-order valence-corrected chi connectivity index (χ1v) is 7.82. The fourth-order valence-corrected chi connectivity index (χ4v) is 2.32. The van der Waals surface area contributed by atoms with Crippen LogP contribution in [-0.2, 0) is 19.7 Å². The highest BCUT2D eigenvalue weighted by molar-refractivity contribution is 5.22. The molecule has 0 saturated heterocycles. The molecule has 26 heavy (non-hydrogen) atoms. The summed E-state index contributed by atoms with van der Waals surface area (Å²) in [6.45, 7) is 0.627. The van der Waals surface area contributed by atoms with Crippen LogP contribution in [0.3, 0.4) is 0 Å². The summed E-state index contributed by atoms with van der Waals surface area (Å²) in [5.74, 6) is -0.396. The summed E-state index contributed by atoms with van der Waals surface area (Å²) in [7, 11) is 1.75. The summed E-state index contributed by atoms with van der Waals surface area (Å²) in [5.41, 5.74) is 0.369. The van der Waals surface area contributed by atoms with Gasteiger partial charge in [0.05, 0.1) is 6.54 Å². The largest absolute Gasteiger partial charge is 0.485 e. The molecule has 3 aromatic rings. The first-order chi connectivity index (χ1) is 12.5. The third-order valence-electron chi connectivity index (χ3n) is 3.55. The van der Waals surface area contributed by atoms with Crippen molar-refractivity contribution in [2.45, 2.75) is 19.7 Å². The predicted molar refractivity (Wildman–Crippen MR) is 86.6 cm³/mol. The van der Waals surface area contributed by atoms with Crippen LogP contribution in [0.15, 0.2) is 47.0 Å². The Morgan fingerprint density at radius 3 is 2.46 bits per heavy atom. The quantitative estimate of drug-likeness (QED) is 0.641. The van der Waals surface area contributed by atoms with Gasteiger partial charge in [0.2, 0.25) is 11.7 Å². The van der Waals surface area contributed by atoms with Crippen molar-refractivity contribution in [2.24, 2.45) is 0 Å². The lowest BCUT2D eigenvalue weighted by Gasteiger charge is -2.14. The molecule has 8 heteroatoms. The normalized spacial score (nSPS) is 11.1. The van der Waals surface area contributed by atoms with Crippen LogP contribution in [0.5, 0.6) is 5.75 Å². The minimum absolute atomic E-state index is 0.0748. The Bertz CT molecular complexity index is 868. The summed E-state index contributed by atoms with van der Waals surface area (Å²) >= 11 is 0. The van der Waals surface area contributed by atoms with Gasteiger partial charge in [0.1, 0.15) is 23.2 Å². The Hall–Kier alpha value is -2.87. The monoisotopic (exact) mass is 363 g/mol. The molecule has 0 aliphatic heterocycles. The van der Waals surface area contributed by atoms with E-state index in [2.05, 4.69) is 10.1 Å². The molecule has 0 atom stereocenters. The second-order valence-electron chi connectivity index (χ2n) is 5.75. The Morgan fingerprint density at radius 2 is 1.73 bits per heavy atom. The Kier molecular flexibility index (Phi) is 5.52. The molecule has 0 bridgehead atoms. The zero-order chi connectivity index (χ0) is 18.5. The number of hydrogen-bond donors (Lipinski definition) is 0. The molecular weight excluding hydrogens is 347 g/mol. The minimum Gasteiger partial charge on any atom is -0.485 e. The summed E-state index contributed by atoms with van der Waals surface area (Å²) in [5, 5.41) is 3.80. The van der Waals surface area contributed by atoms with Crippen LogP contribution < -0.4 is 4.74 Å². The van der Waals surface area contributed by atoms with Crippen LogP contribution in [0.4, 0.5) is 13.2 Å². The number of nitrogens with zero attached hydrogens (tertiary/aromatic N) is 3. The zero-order valence-electron chi connectivity index (χ0n) is 14.0. The first kappa shape index (κ1) is 17.9. The SMILES string of the molecule is CN(Cc1nc(COc2ccc(F)cc2)no1)Cc1ccc(F)cc1F. The van der Waals surface area contributed by atoms with E-state index >= 15 is 0 Å². The van der Waals surface area contributed by atoms with E-state index in [1.165, 1.54) is 36.4 Å². The lowest BCUT2D eigenvalue weighted by Crippen LogP contribution is -2.18. The molecule has 0 N–H and O–H groups in total. The predicted octanol–water partition coefficient (Wildman–Crippen LogP) is 3.70. The maximum Gasteiger partial charge on any atom is 0.240 e. The molecule has 0 amide bonds. The van der Waals surface area contributed by atoms with Gasteiger partial charge in [-0.05, 0) is 37.4 Å². The van der Waals surface area contributed by atoms with Crippen LogP contribution in [0.1, 0.15) is 17.3 Å². The second-order valence-corrected chi connectivity index (χ2v) is 5.75. The van der Waals surface area contributed by atoms with E-state index in [0.717, 1.165) is 6.07 Å². The van der Waals surface area contributed by atoms with Gasteiger partial charge in [-0.15, -0.1) is 0 Å². The molecule has 136 valence electrons. The van der Waals surface area contributed by atoms with Gasteiger partial charge in [0.25, 0.3) is 0 Å². The van der Waals surface area contributed by atoms with Gasteiger partial charge in [-0.2, -0.15) is 4.98 Å². The number of rotatable bonds is 7.